The fourth-order valence-electron chi connectivity index (χ4n) is 3.69. The second kappa shape index (κ2) is 7.44. The molecule has 1 heterocycles. The van der Waals surface area contributed by atoms with E-state index in [9.17, 15) is 14.7 Å². The van der Waals surface area contributed by atoms with E-state index in [-0.39, 0.29) is 23.8 Å². The lowest BCUT2D eigenvalue weighted by Crippen LogP contribution is -2.46. The molecule has 5 nitrogen and oxygen atoms in total. The number of hydrogen-bond donors (Lipinski definition) is 2. The average molecular weight is 310 g/mol. The van der Waals surface area contributed by atoms with Crippen LogP contribution in [0.1, 0.15) is 65.2 Å². The molecular weight excluding hydrogens is 280 g/mol. The van der Waals surface area contributed by atoms with Gasteiger partial charge in [0.15, 0.2) is 0 Å². The van der Waals surface area contributed by atoms with Crippen LogP contribution in [0.2, 0.25) is 0 Å². The van der Waals surface area contributed by atoms with Crippen LogP contribution in [0.3, 0.4) is 0 Å². The van der Waals surface area contributed by atoms with Crippen LogP contribution in [0, 0.1) is 5.92 Å². The summed E-state index contributed by atoms with van der Waals surface area (Å²) in [7, 11) is 0. The average Bonchev–Trinajstić information content (AvgIpc) is 2.88. The van der Waals surface area contributed by atoms with Crippen LogP contribution in [-0.2, 0) is 9.59 Å². The second-order valence-corrected chi connectivity index (χ2v) is 7.09. The van der Waals surface area contributed by atoms with Gasteiger partial charge in [0.05, 0.1) is 11.5 Å². The van der Waals surface area contributed by atoms with E-state index in [1.165, 1.54) is 0 Å². The minimum absolute atomic E-state index is 0.0810. The fourth-order valence-corrected chi connectivity index (χ4v) is 3.69. The lowest BCUT2D eigenvalue weighted by atomic mass is 9.85. The lowest BCUT2D eigenvalue weighted by molar-refractivity contribution is -0.130. The van der Waals surface area contributed by atoms with Crippen LogP contribution in [0.15, 0.2) is 0 Å². The van der Waals surface area contributed by atoms with E-state index in [0.29, 0.717) is 19.5 Å². The smallest absolute Gasteiger partial charge is 0.225 e. The van der Waals surface area contributed by atoms with Gasteiger partial charge in [-0.15, -0.1) is 0 Å². The predicted molar refractivity (Wildman–Crippen MR) is 85.2 cm³/mol. The zero-order valence-corrected chi connectivity index (χ0v) is 13.9. The van der Waals surface area contributed by atoms with Crippen LogP contribution in [0.4, 0.5) is 0 Å². The second-order valence-electron chi connectivity index (χ2n) is 7.09. The number of nitrogens with one attached hydrogen (secondary N) is 1. The van der Waals surface area contributed by atoms with Crippen molar-refractivity contribution in [3.63, 3.8) is 0 Å². The monoisotopic (exact) mass is 310 g/mol. The quantitative estimate of drug-likeness (QED) is 0.786. The summed E-state index contributed by atoms with van der Waals surface area (Å²) in [4.78, 5) is 26.2. The minimum Gasteiger partial charge on any atom is -0.388 e. The number of likely N-dealkylation sites (tertiary alicyclic amines) is 1. The highest BCUT2D eigenvalue weighted by Gasteiger charge is 2.37. The SMILES string of the molecule is CCCC(C)N1CC(C(=O)NCC2(O)CCCCC2)CC1=O. The molecule has 2 atom stereocenters. The van der Waals surface area contributed by atoms with Gasteiger partial charge in [-0.3, -0.25) is 9.59 Å². The fraction of sp³-hybridized carbons (Fsp3) is 0.882. The number of carbonyl (C=O) groups is 2. The summed E-state index contributed by atoms with van der Waals surface area (Å²) < 4.78 is 0. The predicted octanol–water partition coefficient (Wildman–Crippen LogP) is 1.83. The van der Waals surface area contributed by atoms with E-state index in [1.54, 1.807) is 0 Å². The van der Waals surface area contributed by atoms with Crippen LogP contribution in [-0.4, -0.2) is 46.6 Å². The van der Waals surface area contributed by atoms with E-state index in [1.807, 2.05) is 11.8 Å². The Labute approximate surface area is 133 Å². The van der Waals surface area contributed by atoms with Crippen molar-refractivity contribution in [2.24, 2.45) is 5.92 Å². The van der Waals surface area contributed by atoms with Crippen LogP contribution < -0.4 is 5.32 Å². The van der Waals surface area contributed by atoms with Gasteiger partial charge in [-0.2, -0.15) is 0 Å². The van der Waals surface area contributed by atoms with Crippen molar-refractivity contribution >= 4 is 11.8 Å². The van der Waals surface area contributed by atoms with Crippen molar-refractivity contribution in [2.75, 3.05) is 13.1 Å². The Hall–Kier alpha value is -1.10. The number of carbonyl (C=O) groups excluding carboxylic acids is 2. The number of nitrogens with zero attached hydrogens (tertiary/aromatic N) is 1. The summed E-state index contributed by atoms with van der Waals surface area (Å²) in [6.07, 6.45) is 7.05. The summed E-state index contributed by atoms with van der Waals surface area (Å²) >= 11 is 0. The molecule has 0 aromatic carbocycles. The molecule has 2 unspecified atom stereocenters. The van der Waals surface area contributed by atoms with Gasteiger partial charge in [-0.25, -0.2) is 0 Å². The highest BCUT2D eigenvalue weighted by molar-refractivity contribution is 5.89. The Kier molecular flexibility index (Phi) is 5.84. The van der Waals surface area contributed by atoms with Gasteiger partial charge < -0.3 is 15.3 Å². The maximum atomic E-state index is 12.3. The highest BCUT2D eigenvalue weighted by Crippen LogP contribution is 2.28. The van der Waals surface area contributed by atoms with Gasteiger partial charge in [-0.1, -0.05) is 32.6 Å². The first-order valence-corrected chi connectivity index (χ1v) is 8.75. The molecule has 1 saturated carbocycles. The topological polar surface area (TPSA) is 69.6 Å². The number of amides is 2. The van der Waals surface area contributed by atoms with Crippen molar-refractivity contribution in [3.8, 4) is 0 Å². The molecule has 2 amide bonds. The first-order valence-electron chi connectivity index (χ1n) is 8.75. The molecule has 2 aliphatic rings. The van der Waals surface area contributed by atoms with Crippen molar-refractivity contribution in [1.29, 1.82) is 0 Å². The molecule has 0 radical (unpaired) electrons. The molecule has 1 aliphatic carbocycles. The van der Waals surface area contributed by atoms with Gasteiger partial charge in [0.2, 0.25) is 11.8 Å². The van der Waals surface area contributed by atoms with E-state index in [2.05, 4.69) is 12.2 Å². The molecule has 5 heteroatoms. The lowest BCUT2D eigenvalue weighted by Gasteiger charge is -2.32. The molecule has 2 fully saturated rings. The van der Waals surface area contributed by atoms with E-state index in [4.69, 9.17) is 0 Å². The molecule has 2 N–H and O–H groups in total. The Morgan fingerprint density at radius 2 is 2.09 bits per heavy atom. The maximum absolute atomic E-state index is 12.3. The molecule has 1 saturated heterocycles. The van der Waals surface area contributed by atoms with Crippen LogP contribution in [0.25, 0.3) is 0 Å². The molecule has 0 spiro atoms. The van der Waals surface area contributed by atoms with Crippen LogP contribution >= 0.6 is 0 Å². The van der Waals surface area contributed by atoms with E-state index < -0.39 is 5.60 Å². The summed E-state index contributed by atoms with van der Waals surface area (Å²) in [6.45, 7) is 4.99. The van der Waals surface area contributed by atoms with Gasteiger partial charge >= 0.3 is 0 Å². The first kappa shape index (κ1) is 17.3. The standard InChI is InChI=1S/C17H30N2O3/c1-3-7-13(2)19-11-14(10-15(19)20)16(21)18-12-17(22)8-5-4-6-9-17/h13-14,22H,3-12H2,1-2H3,(H,18,21). The first-order chi connectivity index (χ1) is 10.4. The zero-order valence-electron chi connectivity index (χ0n) is 13.9. The third kappa shape index (κ3) is 4.22. The van der Waals surface area contributed by atoms with Crippen molar-refractivity contribution in [1.82, 2.24) is 10.2 Å². The van der Waals surface area contributed by atoms with Crippen molar-refractivity contribution in [3.05, 3.63) is 0 Å². The Balaban J connectivity index is 1.82. The molecule has 0 aromatic rings. The number of aliphatic hydroxyl groups is 1. The third-order valence-corrected chi connectivity index (χ3v) is 5.14. The van der Waals surface area contributed by atoms with Crippen molar-refractivity contribution in [2.45, 2.75) is 76.9 Å². The van der Waals surface area contributed by atoms with Gasteiger partial charge in [-0.05, 0) is 26.2 Å². The minimum atomic E-state index is -0.744. The van der Waals surface area contributed by atoms with Gasteiger partial charge in [0, 0.05) is 25.6 Å². The summed E-state index contributed by atoms with van der Waals surface area (Å²) in [6, 6.07) is 0.206. The third-order valence-electron chi connectivity index (χ3n) is 5.14. The molecular formula is C17H30N2O3. The normalized spacial score (nSPS) is 26.0. The highest BCUT2D eigenvalue weighted by atomic mass is 16.3. The molecule has 2 rings (SSSR count). The molecule has 1 aliphatic heterocycles. The van der Waals surface area contributed by atoms with Gasteiger partial charge in [0.1, 0.15) is 0 Å². The van der Waals surface area contributed by atoms with Crippen LogP contribution in [0.5, 0.6) is 0 Å². The Morgan fingerprint density at radius 1 is 1.41 bits per heavy atom. The summed E-state index contributed by atoms with van der Waals surface area (Å²) in [5.74, 6) is -0.268. The number of hydrogen-bond acceptors (Lipinski definition) is 3. The Bertz CT molecular complexity index is 405. The summed E-state index contributed by atoms with van der Waals surface area (Å²) in [5, 5.41) is 13.3. The molecule has 22 heavy (non-hydrogen) atoms. The number of rotatable bonds is 6. The van der Waals surface area contributed by atoms with Crippen molar-refractivity contribution < 1.29 is 14.7 Å². The van der Waals surface area contributed by atoms with E-state index in [0.717, 1.165) is 44.9 Å². The van der Waals surface area contributed by atoms with E-state index >= 15 is 0 Å². The Morgan fingerprint density at radius 3 is 2.73 bits per heavy atom. The largest absolute Gasteiger partial charge is 0.388 e. The molecule has 126 valence electrons. The summed E-state index contributed by atoms with van der Waals surface area (Å²) in [5.41, 5.74) is -0.744. The molecule has 0 bridgehead atoms. The molecule has 0 aromatic heterocycles. The maximum Gasteiger partial charge on any atom is 0.225 e. The zero-order chi connectivity index (χ0) is 16.2. The van der Waals surface area contributed by atoms with Gasteiger partial charge in [0.25, 0.3) is 0 Å².